The maximum atomic E-state index is 13.2. The van der Waals surface area contributed by atoms with Gasteiger partial charge in [0.15, 0.2) is 7.49 Å². The summed E-state index contributed by atoms with van der Waals surface area (Å²) in [5, 5.41) is 2.10. The van der Waals surface area contributed by atoms with Gasteiger partial charge in [0.05, 0.1) is 24.0 Å². The third-order valence-electron chi connectivity index (χ3n) is 5.04. The normalized spacial score (nSPS) is 11.7. The Kier molecular flexibility index (Phi) is 8.59. The van der Waals surface area contributed by atoms with E-state index in [1.54, 1.807) is 0 Å². The number of hydrogen-bond donors (Lipinski definition) is 0. The van der Waals surface area contributed by atoms with Crippen LogP contribution in [0.2, 0.25) is 0 Å². The van der Waals surface area contributed by atoms with Crippen LogP contribution in [0.5, 0.6) is 0 Å². The lowest BCUT2D eigenvalue weighted by molar-refractivity contribution is 0.0748. The van der Waals surface area contributed by atoms with Crippen molar-refractivity contribution in [3.05, 3.63) is 48.0 Å². The first-order valence-corrected chi connectivity index (χ1v) is 12.5. The van der Waals surface area contributed by atoms with Gasteiger partial charge in [-0.25, -0.2) is 4.79 Å². The predicted octanol–water partition coefficient (Wildman–Crippen LogP) is 7.33. The molecule has 0 fully saturated rings. The number of rotatable bonds is 11. The molecule has 0 bridgehead atoms. The zero-order valence-corrected chi connectivity index (χ0v) is 17.6. The summed E-state index contributed by atoms with van der Waals surface area (Å²) in [4.78, 5) is 13.2. The second-order valence-corrected chi connectivity index (χ2v) is 10.8. The average Bonchev–Trinajstić information content (AvgIpc) is 2.68. The molecule has 2 nitrogen and oxygen atoms in total. The summed E-state index contributed by atoms with van der Waals surface area (Å²) in [6.45, 7) is 6.67. The molecule has 2 aromatic rings. The molecule has 0 saturated carbocycles. The molecule has 0 spiro atoms. The smallest absolute Gasteiger partial charge is 0.308 e. The lowest BCUT2D eigenvalue weighted by Crippen LogP contribution is -2.17. The number of unbranched alkanes of at least 4 members (excludes halogenated alkanes) is 3. The van der Waals surface area contributed by atoms with Crippen molar-refractivity contribution in [2.45, 2.75) is 59.3 Å². The van der Waals surface area contributed by atoms with Gasteiger partial charge < -0.3 is 4.52 Å². The van der Waals surface area contributed by atoms with Crippen LogP contribution in [0.1, 0.15) is 69.7 Å². The predicted molar refractivity (Wildman–Crippen MR) is 116 cm³/mol. The first kappa shape index (κ1) is 20.9. The third-order valence-corrected chi connectivity index (χ3v) is 8.99. The van der Waals surface area contributed by atoms with Crippen LogP contribution in [-0.2, 0) is 4.52 Å². The molecule has 0 radical (unpaired) electrons. The Morgan fingerprint density at radius 3 is 1.92 bits per heavy atom. The lowest BCUT2D eigenvalue weighted by atomic mass is 10.1. The van der Waals surface area contributed by atoms with E-state index in [2.05, 4.69) is 32.9 Å². The molecule has 2 rings (SSSR count). The van der Waals surface area contributed by atoms with Gasteiger partial charge in [0.2, 0.25) is 0 Å². The third kappa shape index (κ3) is 5.55. The SMILES string of the molecule is CCCC[P+](CCCC)(CCCC)OC(=O)c1cccc2ccccc12. The molecule has 0 N–H and O–H groups in total. The number of carbonyl (C=O) groups excluding carboxylic acids is 1. The molecule has 3 heteroatoms. The second-order valence-electron chi connectivity index (χ2n) is 7.20. The van der Waals surface area contributed by atoms with E-state index >= 15 is 0 Å². The summed E-state index contributed by atoms with van der Waals surface area (Å²) in [5.41, 5.74) is 0.719. The van der Waals surface area contributed by atoms with Crippen LogP contribution in [0.4, 0.5) is 0 Å². The van der Waals surface area contributed by atoms with Crippen LogP contribution in [0.3, 0.4) is 0 Å². The molecule has 0 aliphatic rings. The second kappa shape index (κ2) is 10.7. The summed E-state index contributed by atoms with van der Waals surface area (Å²) in [7, 11) is -1.69. The molecule has 0 aromatic heterocycles. The van der Waals surface area contributed by atoms with E-state index in [0.717, 1.165) is 73.3 Å². The van der Waals surface area contributed by atoms with Gasteiger partial charge in [0, 0.05) is 0 Å². The van der Waals surface area contributed by atoms with Gasteiger partial charge in [-0.1, -0.05) is 76.4 Å². The molecule has 0 amide bonds. The molecule has 0 heterocycles. The Labute approximate surface area is 159 Å². The fourth-order valence-electron chi connectivity index (χ4n) is 3.44. The van der Waals surface area contributed by atoms with Crippen LogP contribution in [-0.4, -0.2) is 24.5 Å². The maximum Gasteiger partial charge on any atom is 0.381 e. The van der Waals surface area contributed by atoms with Crippen molar-refractivity contribution in [1.82, 2.24) is 0 Å². The van der Waals surface area contributed by atoms with Crippen molar-refractivity contribution in [1.29, 1.82) is 0 Å². The molecule has 0 atom stereocenters. The summed E-state index contributed by atoms with van der Waals surface area (Å²) < 4.78 is 6.41. The van der Waals surface area contributed by atoms with Gasteiger partial charge in [0.1, 0.15) is 0 Å². The standard InChI is InChI=1S/C23H34O2P/c1-4-7-17-26(18-8-5-2,19-9-6-3)25-23(24)22-16-12-14-20-13-10-11-15-21(20)22/h10-16H,4-9,17-19H2,1-3H3/q+1. The molecule has 2 aromatic carbocycles. The zero-order chi connectivity index (χ0) is 18.8. The van der Waals surface area contributed by atoms with Crippen LogP contribution in [0, 0.1) is 0 Å². The largest absolute Gasteiger partial charge is 0.381 e. The van der Waals surface area contributed by atoms with Crippen molar-refractivity contribution in [3.63, 3.8) is 0 Å². The zero-order valence-electron chi connectivity index (χ0n) is 16.7. The number of carbonyl (C=O) groups is 1. The topological polar surface area (TPSA) is 26.3 Å². The van der Waals surface area contributed by atoms with E-state index in [9.17, 15) is 4.79 Å². The fraction of sp³-hybridized carbons (Fsp3) is 0.522. The van der Waals surface area contributed by atoms with E-state index in [4.69, 9.17) is 4.52 Å². The molecule has 0 saturated heterocycles. The van der Waals surface area contributed by atoms with Crippen LogP contribution >= 0.6 is 7.49 Å². The molecule has 26 heavy (non-hydrogen) atoms. The highest BCUT2D eigenvalue weighted by Crippen LogP contribution is 2.62. The highest BCUT2D eigenvalue weighted by Gasteiger charge is 2.41. The van der Waals surface area contributed by atoms with Gasteiger partial charge in [0.25, 0.3) is 0 Å². The Balaban J connectivity index is 2.30. The Bertz CT molecular complexity index is 668. The summed E-state index contributed by atoms with van der Waals surface area (Å²) >= 11 is 0. The summed E-state index contributed by atoms with van der Waals surface area (Å²) in [6.07, 6.45) is 10.2. The van der Waals surface area contributed by atoms with Crippen molar-refractivity contribution in [3.8, 4) is 0 Å². The first-order valence-electron chi connectivity index (χ1n) is 10.2. The molecule has 0 unspecified atom stereocenters. The Hall–Kier alpha value is -1.40. The van der Waals surface area contributed by atoms with Crippen LogP contribution in [0.15, 0.2) is 42.5 Å². The minimum atomic E-state index is -1.69. The van der Waals surface area contributed by atoms with Crippen molar-refractivity contribution in [2.24, 2.45) is 0 Å². The number of hydrogen-bond acceptors (Lipinski definition) is 2. The van der Waals surface area contributed by atoms with Crippen molar-refractivity contribution < 1.29 is 9.32 Å². The monoisotopic (exact) mass is 373 g/mol. The first-order chi connectivity index (χ1) is 12.7. The van der Waals surface area contributed by atoms with Crippen LogP contribution < -0.4 is 0 Å². The Morgan fingerprint density at radius 1 is 0.808 bits per heavy atom. The molecular weight excluding hydrogens is 339 g/mol. The van der Waals surface area contributed by atoms with Gasteiger partial charge in [-0.15, -0.1) is 0 Å². The average molecular weight is 373 g/mol. The highest BCUT2D eigenvalue weighted by molar-refractivity contribution is 7.71. The van der Waals surface area contributed by atoms with E-state index in [0.29, 0.717) is 0 Å². The summed E-state index contributed by atoms with van der Waals surface area (Å²) in [6, 6.07) is 14.0. The minimum absolute atomic E-state index is 0.113. The molecule has 142 valence electrons. The van der Waals surface area contributed by atoms with Crippen molar-refractivity contribution >= 4 is 24.2 Å². The summed E-state index contributed by atoms with van der Waals surface area (Å²) in [5.74, 6) is -0.113. The number of benzene rings is 2. The van der Waals surface area contributed by atoms with Crippen LogP contribution in [0.25, 0.3) is 10.8 Å². The van der Waals surface area contributed by atoms with Gasteiger partial charge in [-0.3, -0.25) is 0 Å². The molecule has 0 aliphatic heterocycles. The van der Waals surface area contributed by atoms with Crippen molar-refractivity contribution in [2.75, 3.05) is 18.5 Å². The number of fused-ring (bicyclic) bond motifs is 1. The molecular formula is C23H34O2P+. The van der Waals surface area contributed by atoms with E-state index in [1.165, 1.54) is 0 Å². The van der Waals surface area contributed by atoms with Gasteiger partial charge >= 0.3 is 5.97 Å². The highest BCUT2D eigenvalue weighted by atomic mass is 31.2. The van der Waals surface area contributed by atoms with E-state index < -0.39 is 7.49 Å². The van der Waals surface area contributed by atoms with Gasteiger partial charge in [-0.2, -0.15) is 0 Å². The van der Waals surface area contributed by atoms with Gasteiger partial charge in [-0.05, 0) is 36.1 Å². The maximum absolute atomic E-state index is 13.2. The molecule has 0 aliphatic carbocycles. The lowest BCUT2D eigenvalue weighted by Gasteiger charge is -2.25. The van der Waals surface area contributed by atoms with E-state index in [1.807, 2.05) is 30.3 Å². The van der Waals surface area contributed by atoms with E-state index in [-0.39, 0.29) is 5.97 Å². The quantitative estimate of drug-likeness (QED) is 0.385. The Morgan fingerprint density at radius 2 is 1.35 bits per heavy atom. The fourth-order valence-corrected chi connectivity index (χ4v) is 7.51. The minimum Gasteiger partial charge on any atom is -0.308 e.